The van der Waals surface area contributed by atoms with Gasteiger partial charge < -0.3 is 19.7 Å². The predicted molar refractivity (Wildman–Crippen MR) is 56.7 cm³/mol. The molecule has 0 aromatic heterocycles. The molecule has 0 saturated heterocycles. The van der Waals surface area contributed by atoms with Gasteiger partial charge in [0.15, 0.2) is 0 Å². The fourth-order valence-corrected chi connectivity index (χ4v) is 0.515. The molecule has 0 aliphatic heterocycles. The SMILES string of the molecule is CCC(=O)OCCOC(=O)CC.OCCO. The zero-order valence-electron chi connectivity index (χ0n) is 9.77. The van der Waals surface area contributed by atoms with Crippen molar-refractivity contribution in [2.75, 3.05) is 26.4 Å². The lowest BCUT2D eigenvalue weighted by atomic mass is 10.5. The molecule has 6 nitrogen and oxygen atoms in total. The average Bonchev–Trinajstić information content (AvgIpc) is 2.34. The topological polar surface area (TPSA) is 93.1 Å². The molecule has 6 heteroatoms. The molecule has 96 valence electrons. The number of hydrogen-bond donors (Lipinski definition) is 2. The molecule has 0 aromatic rings. The van der Waals surface area contributed by atoms with Crippen LogP contribution < -0.4 is 0 Å². The first-order chi connectivity index (χ1) is 7.62. The van der Waals surface area contributed by atoms with Gasteiger partial charge in [0.05, 0.1) is 13.2 Å². The van der Waals surface area contributed by atoms with Gasteiger partial charge in [-0.1, -0.05) is 13.8 Å². The largest absolute Gasteiger partial charge is 0.462 e. The molecule has 16 heavy (non-hydrogen) atoms. The van der Waals surface area contributed by atoms with Crippen LogP contribution in [0, 0.1) is 0 Å². The van der Waals surface area contributed by atoms with E-state index in [-0.39, 0.29) is 38.4 Å². The van der Waals surface area contributed by atoms with Crippen molar-refractivity contribution in [1.82, 2.24) is 0 Å². The molecule has 0 saturated carbocycles. The second-order valence-corrected chi connectivity index (χ2v) is 2.60. The Morgan fingerprint density at radius 2 is 1.19 bits per heavy atom. The number of carbonyl (C=O) groups excluding carboxylic acids is 2. The van der Waals surface area contributed by atoms with Gasteiger partial charge >= 0.3 is 11.9 Å². The highest BCUT2D eigenvalue weighted by Gasteiger charge is 2.00. The summed E-state index contributed by atoms with van der Waals surface area (Å²) in [5.41, 5.74) is 0. The third kappa shape index (κ3) is 15.3. The van der Waals surface area contributed by atoms with Crippen molar-refractivity contribution in [3.05, 3.63) is 0 Å². The number of hydrogen-bond acceptors (Lipinski definition) is 6. The lowest BCUT2D eigenvalue weighted by Gasteiger charge is -2.03. The molecular formula is C10H20O6. The minimum absolute atomic E-state index is 0.125. The van der Waals surface area contributed by atoms with E-state index in [1.54, 1.807) is 13.8 Å². The van der Waals surface area contributed by atoms with E-state index in [2.05, 4.69) is 9.47 Å². The van der Waals surface area contributed by atoms with Gasteiger partial charge in [-0.25, -0.2) is 0 Å². The van der Waals surface area contributed by atoms with Crippen molar-refractivity contribution in [2.45, 2.75) is 26.7 Å². The molecule has 0 aromatic carbocycles. The Hall–Kier alpha value is -1.14. The maximum absolute atomic E-state index is 10.6. The Labute approximate surface area is 95.2 Å². The van der Waals surface area contributed by atoms with Crippen LogP contribution in [0.15, 0.2) is 0 Å². The van der Waals surface area contributed by atoms with Crippen LogP contribution in [0.5, 0.6) is 0 Å². The highest BCUT2D eigenvalue weighted by Crippen LogP contribution is 1.87. The number of aliphatic hydroxyl groups is 2. The van der Waals surface area contributed by atoms with Crippen LogP contribution >= 0.6 is 0 Å². The molecule has 0 heterocycles. The van der Waals surface area contributed by atoms with Crippen molar-refractivity contribution in [3.8, 4) is 0 Å². The van der Waals surface area contributed by atoms with Crippen molar-refractivity contribution in [2.24, 2.45) is 0 Å². The number of rotatable bonds is 6. The van der Waals surface area contributed by atoms with Gasteiger partial charge in [0.25, 0.3) is 0 Å². The first-order valence-corrected chi connectivity index (χ1v) is 5.15. The smallest absolute Gasteiger partial charge is 0.305 e. The molecule has 0 radical (unpaired) electrons. The fourth-order valence-electron chi connectivity index (χ4n) is 0.515. The van der Waals surface area contributed by atoms with Gasteiger partial charge in [0.2, 0.25) is 0 Å². The Morgan fingerprint density at radius 1 is 0.875 bits per heavy atom. The van der Waals surface area contributed by atoms with Crippen LogP contribution in [0.2, 0.25) is 0 Å². The summed E-state index contributed by atoms with van der Waals surface area (Å²) in [4.78, 5) is 21.1. The van der Waals surface area contributed by atoms with Gasteiger partial charge in [-0.05, 0) is 0 Å². The highest BCUT2D eigenvalue weighted by atomic mass is 16.6. The van der Waals surface area contributed by atoms with E-state index in [1.165, 1.54) is 0 Å². The third-order valence-electron chi connectivity index (χ3n) is 1.29. The summed E-state index contributed by atoms with van der Waals surface area (Å²) in [5.74, 6) is -0.551. The number of esters is 2. The van der Waals surface area contributed by atoms with Gasteiger partial charge in [0, 0.05) is 12.8 Å². The minimum Gasteiger partial charge on any atom is -0.462 e. The summed E-state index contributed by atoms with van der Waals surface area (Å²) in [6.45, 7) is 3.47. The quantitative estimate of drug-likeness (QED) is 0.492. The molecular weight excluding hydrogens is 216 g/mol. The van der Waals surface area contributed by atoms with Crippen LogP contribution in [0.4, 0.5) is 0 Å². The van der Waals surface area contributed by atoms with Crippen LogP contribution in [0.1, 0.15) is 26.7 Å². The second-order valence-electron chi connectivity index (χ2n) is 2.60. The highest BCUT2D eigenvalue weighted by molar-refractivity contribution is 5.69. The van der Waals surface area contributed by atoms with Crippen molar-refractivity contribution in [3.63, 3.8) is 0 Å². The van der Waals surface area contributed by atoms with Crippen LogP contribution in [-0.4, -0.2) is 48.6 Å². The fraction of sp³-hybridized carbons (Fsp3) is 0.800. The van der Waals surface area contributed by atoms with Crippen LogP contribution in [0.3, 0.4) is 0 Å². The van der Waals surface area contributed by atoms with Crippen molar-refractivity contribution < 1.29 is 29.3 Å². The normalized spacial score (nSPS) is 8.75. The molecule has 0 atom stereocenters. The Morgan fingerprint density at radius 3 is 1.38 bits per heavy atom. The number of carbonyl (C=O) groups is 2. The van der Waals surface area contributed by atoms with E-state index in [0.29, 0.717) is 12.8 Å². The summed E-state index contributed by atoms with van der Waals surface area (Å²) in [5, 5.41) is 15.2. The van der Waals surface area contributed by atoms with E-state index in [1.807, 2.05) is 0 Å². The summed E-state index contributed by atoms with van der Waals surface area (Å²) >= 11 is 0. The molecule has 0 rings (SSSR count). The molecule has 2 N–H and O–H groups in total. The average molecular weight is 236 g/mol. The summed E-state index contributed by atoms with van der Waals surface area (Å²) < 4.78 is 9.34. The van der Waals surface area contributed by atoms with Crippen molar-refractivity contribution in [1.29, 1.82) is 0 Å². The van der Waals surface area contributed by atoms with E-state index in [4.69, 9.17) is 10.2 Å². The Kier molecular flexibility index (Phi) is 15.0. The molecule has 0 aliphatic rings. The van der Waals surface area contributed by atoms with Crippen molar-refractivity contribution >= 4 is 11.9 Å². The van der Waals surface area contributed by atoms with Gasteiger partial charge in [0.1, 0.15) is 13.2 Å². The molecule has 0 spiro atoms. The molecule has 0 aliphatic carbocycles. The maximum Gasteiger partial charge on any atom is 0.305 e. The molecule has 0 fully saturated rings. The first-order valence-electron chi connectivity index (χ1n) is 5.15. The standard InChI is InChI=1S/C8H14O4.C2H6O2/c1-3-7(9)11-5-6-12-8(10)4-2;3-1-2-4/h3-6H2,1-2H3;3-4H,1-2H2. The van der Waals surface area contributed by atoms with E-state index < -0.39 is 0 Å². The summed E-state index contributed by atoms with van der Waals surface area (Å²) in [7, 11) is 0. The van der Waals surface area contributed by atoms with Crippen LogP contribution in [0.25, 0.3) is 0 Å². The van der Waals surface area contributed by atoms with E-state index >= 15 is 0 Å². The first kappa shape index (κ1) is 17.3. The number of ether oxygens (including phenoxy) is 2. The van der Waals surface area contributed by atoms with Gasteiger partial charge in [-0.2, -0.15) is 0 Å². The zero-order chi connectivity index (χ0) is 12.8. The number of aliphatic hydroxyl groups excluding tert-OH is 2. The lowest BCUT2D eigenvalue weighted by Crippen LogP contribution is -2.12. The molecule has 0 bridgehead atoms. The predicted octanol–water partition coefficient (Wildman–Crippen LogP) is -0.136. The molecule has 0 unspecified atom stereocenters. The Balaban J connectivity index is 0. The van der Waals surface area contributed by atoms with Gasteiger partial charge in [-0.3, -0.25) is 9.59 Å². The van der Waals surface area contributed by atoms with Crippen LogP contribution in [-0.2, 0) is 19.1 Å². The van der Waals surface area contributed by atoms with Gasteiger partial charge in [-0.15, -0.1) is 0 Å². The third-order valence-corrected chi connectivity index (χ3v) is 1.29. The summed E-state index contributed by atoms with van der Waals surface area (Å²) in [6, 6.07) is 0. The maximum atomic E-state index is 10.6. The molecule has 0 amide bonds. The second kappa shape index (κ2) is 13.9. The lowest BCUT2D eigenvalue weighted by molar-refractivity contribution is -0.151. The zero-order valence-corrected chi connectivity index (χ0v) is 9.77. The van der Waals surface area contributed by atoms with E-state index in [0.717, 1.165) is 0 Å². The minimum atomic E-state index is -0.275. The van der Waals surface area contributed by atoms with E-state index in [9.17, 15) is 9.59 Å². The Bertz CT molecular complexity index is 160. The monoisotopic (exact) mass is 236 g/mol. The summed E-state index contributed by atoms with van der Waals surface area (Å²) in [6.07, 6.45) is 0.698.